The fourth-order valence-corrected chi connectivity index (χ4v) is 6.35. The highest BCUT2D eigenvalue weighted by molar-refractivity contribution is 5.35. The van der Waals surface area contributed by atoms with E-state index in [1.165, 1.54) is 6.92 Å². The first-order valence-electron chi connectivity index (χ1n) is 13.9. The van der Waals surface area contributed by atoms with Gasteiger partial charge in [0, 0.05) is 19.1 Å². The van der Waals surface area contributed by atoms with Gasteiger partial charge >= 0.3 is 12.4 Å². The molecule has 3 fully saturated rings. The van der Waals surface area contributed by atoms with Crippen LogP contribution in [0.1, 0.15) is 66.9 Å². The summed E-state index contributed by atoms with van der Waals surface area (Å²) in [5, 5.41) is 0. The maximum atomic E-state index is 13.5. The Kier molecular flexibility index (Phi) is 8.53. The van der Waals surface area contributed by atoms with Crippen LogP contribution >= 0.6 is 0 Å². The zero-order chi connectivity index (χ0) is 28.5. The van der Waals surface area contributed by atoms with Crippen molar-refractivity contribution in [3.63, 3.8) is 0 Å². The second kappa shape index (κ2) is 11.6. The maximum absolute atomic E-state index is 13.5. The summed E-state index contributed by atoms with van der Waals surface area (Å²) in [5.41, 5.74) is -1.65. The van der Waals surface area contributed by atoms with E-state index in [0.717, 1.165) is 76.2 Å². The number of hydrogen-bond acceptors (Lipinski definition) is 4. The standard InChI is InChI=1S/C30H35F6NO3/c1-20(23-15-24(29(31,32)33)17-25(16-23)30(34,35)36)40-27-26(21-5-3-2-4-6-21)22(7-13-39-27)18-37-11-8-28(9-12-37)10-14-38-19-28/h2-6,15-17,20,22,26-27H,7-14,18-19H2,1H3/t20-,22?,26-,27-/m1/s1. The highest BCUT2D eigenvalue weighted by atomic mass is 19.4. The molecule has 3 heterocycles. The molecule has 0 bridgehead atoms. The van der Waals surface area contributed by atoms with Gasteiger partial charge in [0.25, 0.3) is 0 Å². The lowest BCUT2D eigenvalue weighted by molar-refractivity contribution is -0.210. The molecule has 0 aliphatic carbocycles. The third-order valence-electron chi connectivity index (χ3n) is 8.77. The predicted molar refractivity (Wildman–Crippen MR) is 137 cm³/mol. The second-order valence-corrected chi connectivity index (χ2v) is 11.4. The summed E-state index contributed by atoms with van der Waals surface area (Å²) in [6.45, 7) is 6.26. The Morgan fingerprint density at radius 3 is 2.15 bits per heavy atom. The van der Waals surface area contributed by atoms with Crippen molar-refractivity contribution in [2.24, 2.45) is 11.3 Å². The van der Waals surface area contributed by atoms with Crippen molar-refractivity contribution >= 4 is 0 Å². The van der Waals surface area contributed by atoms with Crippen molar-refractivity contribution in [2.45, 2.75) is 63.3 Å². The highest BCUT2D eigenvalue weighted by Crippen LogP contribution is 2.43. The lowest BCUT2D eigenvalue weighted by Crippen LogP contribution is -2.46. The Morgan fingerprint density at radius 2 is 1.57 bits per heavy atom. The Labute approximate surface area is 230 Å². The molecule has 3 saturated heterocycles. The predicted octanol–water partition coefficient (Wildman–Crippen LogP) is 7.45. The van der Waals surface area contributed by atoms with Crippen LogP contribution in [0.5, 0.6) is 0 Å². The Hall–Kier alpha value is -2.14. The third kappa shape index (κ3) is 6.66. The van der Waals surface area contributed by atoms with Gasteiger partial charge in [0.15, 0.2) is 6.29 Å². The van der Waals surface area contributed by atoms with Crippen LogP contribution in [0.15, 0.2) is 48.5 Å². The monoisotopic (exact) mass is 571 g/mol. The topological polar surface area (TPSA) is 30.9 Å². The van der Waals surface area contributed by atoms with Crippen molar-refractivity contribution in [3.05, 3.63) is 70.8 Å². The molecule has 10 heteroatoms. The number of alkyl halides is 6. The maximum Gasteiger partial charge on any atom is 0.416 e. The van der Waals surface area contributed by atoms with Gasteiger partial charge in [-0.05, 0) is 86.4 Å². The van der Waals surface area contributed by atoms with Crippen LogP contribution in [0, 0.1) is 11.3 Å². The fourth-order valence-electron chi connectivity index (χ4n) is 6.35. The van der Waals surface area contributed by atoms with Gasteiger partial charge in [-0.1, -0.05) is 30.3 Å². The van der Waals surface area contributed by atoms with Crippen molar-refractivity contribution in [1.82, 2.24) is 4.90 Å². The summed E-state index contributed by atoms with van der Waals surface area (Å²) in [6, 6.07) is 11.3. The molecule has 4 atom stereocenters. The third-order valence-corrected chi connectivity index (χ3v) is 8.77. The van der Waals surface area contributed by atoms with Gasteiger partial charge in [-0.15, -0.1) is 0 Å². The average Bonchev–Trinajstić information content (AvgIpc) is 3.37. The zero-order valence-corrected chi connectivity index (χ0v) is 22.4. The second-order valence-electron chi connectivity index (χ2n) is 11.4. The van der Waals surface area contributed by atoms with Gasteiger partial charge in [-0.2, -0.15) is 26.3 Å². The summed E-state index contributed by atoms with van der Waals surface area (Å²) >= 11 is 0. The van der Waals surface area contributed by atoms with Gasteiger partial charge in [-0.25, -0.2) is 0 Å². The number of benzene rings is 2. The number of rotatable bonds is 6. The van der Waals surface area contributed by atoms with Crippen LogP contribution in [0.2, 0.25) is 0 Å². The number of likely N-dealkylation sites (tertiary alicyclic amines) is 1. The van der Waals surface area contributed by atoms with Crippen molar-refractivity contribution in [2.75, 3.05) is 39.5 Å². The van der Waals surface area contributed by atoms with Crippen LogP contribution in [0.3, 0.4) is 0 Å². The molecule has 2 aromatic rings. The van der Waals surface area contributed by atoms with E-state index >= 15 is 0 Å². The minimum absolute atomic E-state index is 0.135. The van der Waals surface area contributed by atoms with E-state index in [1.54, 1.807) is 0 Å². The van der Waals surface area contributed by atoms with Gasteiger partial charge in [0.2, 0.25) is 0 Å². The minimum Gasteiger partial charge on any atom is -0.381 e. The van der Waals surface area contributed by atoms with Crippen LogP contribution < -0.4 is 0 Å². The molecular formula is C30H35F6NO3. The SMILES string of the molecule is C[C@@H](O[C@H]1OCCC(CN2CCC3(CCOC3)CC2)[C@H]1c1ccccc1)c1cc(C(F)(F)F)cc(C(F)(F)F)c1. The van der Waals surface area contributed by atoms with Crippen molar-refractivity contribution in [3.8, 4) is 0 Å². The van der Waals surface area contributed by atoms with E-state index in [-0.39, 0.29) is 28.9 Å². The number of ether oxygens (including phenoxy) is 3. The van der Waals surface area contributed by atoms with Crippen LogP contribution in [0.4, 0.5) is 26.3 Å². The number of hydrogen-bond donors (Lipinski definition) is 0. The Morgan fingerprint density at radius 1 is 0.925 bits per heavy atom. The molecule has 3 aliphatic rings. The summed E-state index contributed by atoms with van der Waals surface area (Å²) in [5.74, 6) is -0.0783. The van der Waals surface area contributed by atoms with E-state index in [2.05, 4.69) is 4.90 Å². The quantitative estimate of drug-likeness (QED) is 0.337. The molecule has 2 aromatic carbocycles. The number of piperidine rings is 1. The Balaban J connectivity index is 1.36. The zero-order valence-electron chi connectivity index (χ0n) is 22.4. The normalized spacial score (nSPS) is 26.7. The lowest BCUT2D eigenvalue weighted by atomic mass is 9.77. The summed E-state index contributed by atoms with van der Waals surface area (Å²) < 4.78 is 98.7. The van der Waals surface area contributed by atoms with Gasteiger partial charge in [-0.3, -0.25) is 0 Å². The molecule has 1 spiro atoms. The molecule has 0 radical (unpaired) electrons. The molecule has 5 rings (SSSR count). The largest absolute Gasteiger partial charge is 0.416 e. The fraction of sp³-hybridized carbons (Fsp3) is 0.600. The summed E-state index contributed by atoms with van der Waals surface area (Å²) in [4.78, 5) is 2.46. The van der Waals surface area contributed by atoms with E-state index in [0.29, 0.717) is 6.61 Å². The molecule has 0 N–H and O–H groups in total. The van der Waals surface area contributed by atoms with Crippen molar-refractivity contribution < 1.29 is 40.6 Å². The van der Waals surface area contributed by atoms with Gasteiger partial charge in [0.1, 0.15) is 0 Å². The molecule has 3 aliphatic heterocycles. The van der Waals surface area contributed by atoms with Gasteiger partial charge in [0.05, 0.1) is 30.4 Å². The number of nitrogens with zero attached hydrogens (tertiary/aromatic N) is 1. The Bertz CT molecular complexity index is 1090. The molecule has 4 nitrogen and oxygen atoms in total. The van der Waals surface area contributed by atoms with E-state index in [4.69, 9.17) is 14.2 Å². The number of halogens is 6. The highest BCUT2D eigenvalue weighted by Gasteiger charge is 2.42. The van der Waals surface area contributed by atoms with Crippen molar-refractivity contribution in [1.29, 1.82) is 0 Å². The molecule has 40 heavy (non-hydrogen) atoms. The first kappa shape index (κ1) is 29.4. The van der Waals surface area contributed by atoms with E-state index in [1.807, 2.05) is 30.3 Å². The molecule has 220 valence electrons. The average molecular weight is 572 g/mol. The van der Waals surface area contributed by atoms with Crippen LogP contribution in [0.25, 0.3) is 0 Å². The minimum atomic E-state index is -4.92. The summed E-state index contributed by atoms with van der Waals surface area (Å²) in [7, 11) is 0. The molecule has 0 amide bonds. The molecule has 1 unspecified atom stereocenters. The molecule has 0 saturated carbocycles. The first-order valence-corrected chi connectivity index (χ1v) is 13.9. The van der Waals surface area contributed by atoms with Crippen LogP contribution in [-0.4, -0.2) is 50.6 Å². The van der Waals surface area contributed by atoms with Gasteiger partial charge < -0.3 is 19.1 Å². The lowest BCUT2D eigenvalue weighted by Gasteiger charge is -2.44. The van der Waals surface area contributed by atoms with Crippen LogP contribution in [-0.2, 0) is 26.6 Å². The molecular weight excluding hydrogens is 536 g/mol. The van der Waals surface area contributed by atoms with E-state index in [9.17, 15) is 26.3 Å². The first-order chi connectivity index (χ1) is 18.9. The summed E-state index contributed by atoms with van der Waals surface area (Å²) in [6.07, 6.45) is -7.68. The molecule has 0 aromatic heterocycles. The smallest absolute Gasteiger partial charge is 0.381 e. The van der Waals surface area contributed by atoms with E-state index < -0.39 is 35.9 Å².